The maximum atomic E-state index is 10.6. The lowest BCUT2D eigenvalue weighted by Crippen LogP contribution is -2.13. The number of carbonyl (C=O) groups excluding carboxylic acids is 1. The van der Waals surface area contributed by atoms with Crippen molar-refractivity contribution < 1.29 is 14.7 Å². The zero-order valence-corrected chi connectivity index (χ0v) is 5.70. The molecule has 56 valence electrons. The average Bonchev–Trinajstić information content (AvgIpc) is 1.98. The van der Waals surface area contributed by atoms with Gasteiger partial charge in [0.1, 0.15) is 6.61 Å². The Labute approximate surface area is 58.8 Å². The summed E-state index contributed by atoms with van der Waals surface area (Å²) in [6.45, 7) is 4.82. The van der Waals surface area contributed by atoms with Crippen LogP contribution in [0.3, 0.4) is 0 Å². The second kappa shape index (κ2) is 4.55. The maximum Gasteiger partial charge on any atom is 0.356 e. The summed E-state index contributed by atoms with van der Waals surface area (Å²) in [7, 11) is 0. The third-order valence-corrected chi connectivity index (χ3v) is 0.778. The Bertz CT molecular complexity index is 162. The summed E-state index contributed by atoms with van der Waals surface area (Å²) in [5.41, 5.74) is -0.0677. The van der Waals surface area contributed by atoms with Crippen molar-refractivity contribution in [3.05, 3.63) is 12.7 Å². The molecule has 10 heavy (non-hydrogen) atoms. The molecule has 0 saturated heterocycles. The first-order chi connectivity index (χ1) is 4.72. The summed E-state index contributed by atoms with van der Waals surface area (Å²) in [6.07, 6.45) is 1.43. The highest BCUT2D eigenvalue weighted by atomic mass is 16.5. The van der Waals surface area contributed by atoms with Crippen LogP contribution in [0.15, 0.2) is 17.8 Å². The molecule has 0 aliphatic carbocycles. The van der Waals surface area contributed by atoms with Crippen LogP contribution in [-0.2, 0) is 9.53 Å². The molecule has 0 saturated carbocycles. The van der Waals surface area contributed by atoms with Crippen molar-refractivity contribution in [3.8, 4) is 0 Å². The number of hydrogen-bond acceptors (Lipinski definition) is 4. The van der Waals surface area contributed by atoms with E-state index in [4.69, 9.17) is 5.21 Å². The van der Waals surface area contributed by atoms with E-state index in [1.165, 1.54) is 13.0 Å². The van der Waals surface area contributed by atoms with Crippen molar-refractivity contribution in [3.63, 3.8) is 0 Å². The van der Waals surface area contributed by atoms with Crippen molar-refractivity contribution in [2.75, 3.05) is 6.61 Å². The zero-order chi connectivity index (χ0) is 7.98. The summed E-state index contributed by atoms with van der Waals surface area (Å²) < 4.78 is 4.50. The van der Waals surface area contributed by atoms with Gasteiger partial charge in [-0.15, -0.1) is 0 Å². The first-order valence-electron chi connectivity index (χ1n) is 2.69. The molecule has 0 rings (SSSR count). The van der Waals surface area contributed by atoms with Crippen LogP contribution in [0.2, 0.25) is 0 Å². The zero-order valence-electron chi connectivity index (χ0n) is 5.70. The molecular weight excluding hydrogens is 134 g/mol. The van der Waals surface area contributed by atoms with Gasteiger partial charge in [0.2, 0.25) is 0 Å². The highest BCUT2D eigenvalue weighted by molar-refractivity contribution is 6.35. The van der Waals surface area contributed by atoms with Crippen molar-refractivity contribution in [1.29, 1.82) is 0 Å². The van der Waals surface area contributed by atoms with Gasteiger partial charge in [0.15, 0.2) is 5.71 Å². The molecule has 0 heterocycles. The molecule has 0 bridgehead atoms. The fraction of sp³-hybridized carbons (Fsp3) is 0.333. The number of carbonyl (C=O) groups is 1. The van der Waals surface area contributed by atoms with Crippen LogP contribution in [0.1, 0.15) is 6.92 Å². The Balaban J connectivity index is 3.74. The third-order valence-electron chi connectivity index (χ3n) is 0.778. The van der Waals surface area contributed by atoms with Gasteiger partial charge in [0.05, 0.1) is 0 Å². The summed E-state index contributed by atoms with van der Waals surface area (Å²) in [5, 5.41) is 10.7. The van der Waals surface area contributed by atoms with E-state index in [1.807, 2.05) is 0 Å². The normalized spacial score (nSPS) is 10.7. The van der Waals surface area contributed by atoms with Crippen molar-refractivity contribution in [2.45, 2.75) is 6.92 Å². The van der Waals surface area contributed by atoms with Crippen LogP contribution in [0, 0.1) is 0 Å². The van der Waals surface area contributed by atoms with Gasteiger partial charge in [-0.2, -0.15) is 0 Å². The van der Waals surface area contributed by atoms with Gasteiger partial charge in [-0.05, 0) is 6.92 Å². The van der Waals surface area contributed by atoms with Crippen LogP contribution in [-0.4, -0.2) is 23.5 Å². The van der Waals surface area contributed by atoms with E-state index in [0.717, 1.165) is 0 Å². The van der Waals surface area contributed by atoms with Crippen LogP contribution in [0.5, 0.6) is 0 Å². The number of esters is 1. The topological polar surface area (TPSA) is 58.9 Å². The first kappa shape index (κ1) is 8.68. The van der Waals surface area contributed by atoms with Crippen LogP contribution >= 0.6 is 0 Å². The lowest BCUT2D eigenvalue weighted by atomic mass is 10.4. The Kier molecular flexibility index (Phi) is 3.95. The molecule has 0 spiro atoms. The van der Waals surface area contributed by atoms with E-state index >= 15 is 0 Å². The van der Waals surface area contributed by atoms with E-state index in [0.29, 0.717) is 0 Å². The van der Waals surface area contributed by atoms with Gasteiger partial charge in [-0.25, -0.2) is 4.79 Å². The fourth-order valence-corrected chi connectivity index (χ4v) is 0.280. The Hall–Kier alpha value is -1.32. The third kappa shape index (κ3) is 2.86. The highest BCUT2D eigenvalue weighted by Crippen LogP contribution is 1.82. The largest absolute Gasteiger partial charge is 0.457 e. The minimum absolute atomic E-state index is 0.0677. The first-order valence-corrected chi connectivity index (χ1v) is 2.69. The minimum atomic E-state index is -0.637. The van der Waals surface area contributed by atoms with Crippen molar-refractivity contribution >= 4 is 11.7 Å². The summed E-state index contributed by atoms with van der Waals surface area (Å²) in [6, 6.07) is 0. The minimum Gasteiger partial charge on any atom is -0.457 e. The van der Waals surface area contributed by atoms with Crippen LogP contribution in [0.25, 0.3) is 0 Å². The Morgan fingerprint density at radius 2 is 2.50 bits per heavy atom. The molecule has 0 aliphatic heterocycles. The monoisotopic (exact) mass is 143 g/mol. The van der Waals surface area contributed by atoms with E-state index in [1.54, 1.807) is 0 Å². The molecule has 0 aromatic carbocycles. The van der Waals surface area contributed by atoms with E-state index < -0.39 is 5.97 Å². The summed E-state index contributed by atoms with van der Waals surface area (Å²) in [5.74, 6) is -0.637. The number of oxime groups is 1. The summed E-state index contributed by atoms with van der Waals surface area (Å²) in [4.78, 5) is 10.6. The quantitative estimate of drug-likeness (QED) is 0.206. The van der Waals surface area contributed by atoms with Gasteiger partial charge in [0, 0.05) is 0 Å². The molecule has 0 aliphatic rings. The number of rotatable bonds is 3. The smallest absolute Gasteiger partial charge is 0.356 e. The Morgan fingerprint density at radius 1 is 1.90 bits per heavy atom. The highest BCUT2D eigenvalue weighted by Gasteiger charge is 2.05. The van der Waals surface area contributed by atoms with Gasteiger partial charge in [-0.1, -0.05) is 17.8 Å². The molecule has 0 unspecified atom stereocenters. The SMILES string of the molecule is C=CCOC(=O)C(C)=NO. The van der Waals surface area contributed by atoms with E-state index in [2.05, 4.69) is 16.5 Å². The molecule has 0 aromatic heterocycles. The van der Waals surface area contributed by atoms with Gasteiger partial charge < -0.3 is 9.94 Å². The van der Waals surface area contributed by atoms with Crippen molar-refractivity contribution in [2.24, 2.45) is 5.16 Å². The fourth-order valence-electron chi connectivity index (χ4n) is 0.280. The molecular formula is C6H9NO3. The van der Waals surface area contributed by atoms with Gasteiger partial charge in [0.25, 0.3) is 0 Å². The van der Waals surface area contributed by atoms with Gasteiger partial charge >= 0.3 is 5.97 Å². The molecule has 1 N–H and O–H groups in total. The molecule has 0 aromatic rings. The molecule has 0 radical (unpaired) electrons. The molecule has 4 heteroatoms. The Morgan fingerprint density at radius 3 is 2.90 bits per heavy atom. The average molecular weight is 143 g/mol. The maximum absolute atomic E-state index is 10.6. The predicted octanol–water partition coefficient (Wildman–Crippen LogP) is 0.566. The van der Waals surface area contributed by atoms with Crippen LogP contribution < -0.4 is 0 Å². The van der Waals surface area contributed by atoms with Crippen molar-refractivity contribution in [1.82, 2.24) is 0 Å². The summed E-state index contributed by atoms with van der Waals surface area (Å²) >= 11 is 0. The lowest BCUT2D eigenvalue weighted by Gasteiger charge is -1.97. The number of hydrogen-bond donors (Lipinski definition) is 1. The van der Waals surface area contributed by atoms with Crippen LogP contribution in [0.4, 0.5) is 0 Å². The molecule has 0 amide bonds. The molecule has 0 atom stereocenters. The molecule has 0 fully saturated rings. The second-order valence-corrected chi connectivity index (χ2v) is 1.57. The standard InChI is InChI=1S/C6H9NO3/c1-3-4-10-6(8)5(2)7-9/h3,9H,1,4H2,2H3. The van der Waals surface area contributed by atoms with E-state index in [9.17, 15) is 4.79 Å². The lowest BCUT2D eigenvalue weighted by molar-refractivity contribution is -0.134. The van der Waals surface area contributed by atoms with Gasteiger partial charge in [-0.3, -0.25) is 0 Å². The number of ether oxygens (including phenoxy) is 1. The van der Waals surface area contributed by atoms with E-state index in [-0.39, 0.29) is 12.3 Å². The predicted molar refractivity (Wildman–Crippen MR) is 36.1 cm³/mol. The second-order valence-electron chi connectivity index (χ2n) is 1.57. The number of nitrogens with zero attached hydrogens (tertiary/aromatic N) is 1. The molecule has 4 nitrogen and oxygen atoms in total.